The van der Waals surface area contributed by atoms with Crippen LogP contribution in [-0.2, 0) is 28.6 Å². The van der Waals surface area contributed by atoms with E-state index in [1.54, 1.807) is 0 Å². The van der Waals surface area contributed by atoms with Gasteiger partial charge in [-0.15, -0.1) is 0 Å². The second kappa shape index (κ2) is 67.8. The minimum Gasteiger partial charge on any atom is -0.462 e. The summed E-state index contributed by atoms with van der Waals surface area (Å²) in [4.78, 5) is 38.3. The van der Waals surface area contributed by atoms with Crippen molar-refractivity contribution < 1.29 is 28.6 Å². The predicted molar refractivity (Wildman–Crippen MR) is 352 cm³/mol. The first-order valence-electron chi connectivity index (χ1n) is 33.3. The third kappa shape index (κ3) is 66.0. The van der Waals surface area contributed by atoms with E-state index in [2.05, 4.69) is 167 Å². The molecule has 0 N–H and O–H groups in total. The van der Waals surface area contributed by atoms with Gasteiger partial charge >= 0.3 is 17.9 Å². The van der Waals surface area contributed by atoms with Crippen LogP contribution in [0.5, 0.6) is 0 Å². The lowest BCUT2D eigenvalue weighted by atomic mass is 10.0. The molecule has 0 aromatic carbocycles. The average Bonchev–Trinajstić information content (AvgIpc) is 3.46. The molecule has 0 aliphatic heterocycles. The van der Waals surface area contributed by atoms with E-state index < -0.39 is 6.10 Å². The lowest BCUT2D eigenvalue weighted by molar-refractivity contribution is -0.167. The molecular formula is C75H122O6. The highest BCUT2D eigenvalue weighted by atomic mass is 16.6. The van der Waals surface area contributed by atoms with Crippen LogP contribution in [0.2, 0.25) is 0 Å². The molecule has 1 unspecified atom stereocenters. The number of unbranched alkanes of at least 4 members (excludes halogenated alkanes) is 24. The average molecular weight is 1120 g/mol. The number of esters is 3. The van der Waals surface area contributed by atoms with Crippen LogP contribution in [0.15, 0.2) is 146 Å². The summed E-state index contributed by atoms with van der Waals surface area (Å²) in [5, 5.41) is 0. The van der Waals surface area contributed by atoms with E-state index in [1.165, 1.54) is 89.9 Å². The van der Waals surface area contributed by atoms with E-state index in [-0.39, 0.29) is 31.1 Å². The fraction of sp³-hybridized carbons (Fsp3) is 0.640. The van der Waals surface area contributed by atoms with Gasteiger partial charge in [-0.05, 0) is 135 Å². The van der Waals surface area contributed by atoms with Crippen molar-refractivity contribution in [2.75, 3.05) is 13.2 Å². The molecule has 0 aromatic rings. The van der Waals surface area contributed by atoms with Crippen molar-refractivity contribution in [2.24, 2.45) is 0 Å². The first-order chi connectivity index (χ1) is 40.0. The number of allylic oxidation sites excluding steroid dienone is 24. The van der Waals surface area contributed by atoms with Gasteiger partial charge in [0.1, 0.15) is 13.2 Å². The molecule has 458 valence electrons. The molecule has 0 rings (SSSR count). The number of rotatable bonds is 59. The Labute approximate surface area is 499 Å². The van der Waals surface area contributed by atoms with Crippen molar-refractivity contribution >= 4 is 17.9 Å². The largest absolute Gasteiger partial charge is 0.462 e. The Hall–Kier alpha value is -4.71. The molecule has 0 radical (unpaired) electrons. The summed E-state index contributed by atoms with van der Waals surface area (Å²) in [6, 6.07) is 0. The molecule has 0 saturated carbocycles. The molecule has 0 fully saturated rings. The maximum absolute atomic E-state index is 12.9. The highest BCUT2D eigenvalue weighted by Gasteiger charge is 2.19. The minimum atomic E-state index is -0.803. The fourth-order valence-corrected chi connectivity index (χ4v) is 8.95. The van der Waals surface area contributed by atoms with Gasteiger partial charge < -0.3 is 14.2 Å². The normalized spacial score (nSPS) is 13.1. The second-order valence-corrected chi connectivity index (χ2v) is 21.6. The summed E-state index contributed by atoms with van der Waals surface area (Å²) in [6.45, 7) is 6.26. The Bertz CT molecular complexity index is 1760. The van der Waals surface area contributed by atoms with Gasteiger partial charge in [-0.3, -0.25) is 14.4 Å². The third-order valence-electron chi connectivity index (χ3n) is 13.8. The predicted octanol–water partition coefficient (Wildman–Crippen LogP) is 23.1. The number of ether oxygens (including phenoxy) is 3. The van der Waals surface area contributed by atoms with Gasteiger partial charge in [0.15, 0.2) is 6.10 Å². The summed E-state index contributed by atoms with van der Waals surface area (Å²) < 4.78 is 16.9. The van der Waals surface area contributed by atoms with Gasteiger partial charge in [0.25, 0.3) is 0 Å². The van der Waals surface area contributed by atoms with Crippen LogP contribution in [0.1, 0.15) is 290 Å². The van der Waals surface area contributed by atoms with E-state index in [0.29, 0.717) is 19.3 Å². The van der Waals surface area contributed by atoms with Gasteiger partial charge in [0, 0.05) is 19.3 Å². The molecule has 81 heavy (non-hydrogen) atoms. The molecule has 6 nitrogen and oxygen atoms in total. The molecule has 0 aliphatic carbocycles. The maximum atomic E-state index is 12.9. The van der Waals surface area contributed by atoms with Gasteiger partial charge in [-0.1, -0.05) is 282 Å². The zero-order valence-electron chi connectivity index (χ0n) is 52.5. The van der Waals surface area contributed by atoms with Crippen LogP contribution in [0.4, 0.5) is 0 Å². The van der Waals surface area contributed by atoms with Gasteiger partial charge in [-0.2, -0.15) is 0 Å². The highest BCUT2D eigenvalue weighted by Crippen LogP contribution is 2.16. The van der Waals surface area contributed by atoms with Crippen LogP contribution in [0.25, 0.3) is 0 Å². The summed E-state index contributed by atoms with van der Waals surface area (Å²) in [6.07, 6.45) is 97.4. The van der Waals surface area contributed by atoms with Gasteiger partial charge in [0.2, 0.25) is 0 Å². The summed E-state index contributed by atoms with van der Waals surface area (Å²) in [5.41, 5.74) is 0. The van der Waals surface area contributed by atoms with Gasteiger partial charge in [-0.25, -0.2) is 0 Å². The molecule has 0 saturated heterocycles. The van der Waals surface area contributed by atoms with E-state index in [1.807, 2.05) is 0 Å². The number of hydrogen-bond donors (Lipinski definition) is 0. The van der Waals surface area contributed by atoms with Gasteiger partial charge in [0.05, 0.1) is 0 Å². The Morgan fingerprint density at radius 2 is 0.444 bits per heavy atom. The molecule has 0 amide bonds. The molecule has 1 atom stereocenters. The summed E-state index contributed by atoms with van der Waals surface area (Å²) in [7, 11) is 0. The quantitative estimate of drug-likeness (QED) is 0.0261. The summed E-state index contributed by atoms with van der Waals surface area (Å²) in [5.74, 6) is -0.943. The van der Waals surface area contributed by atoms with Crippen LogP contribution in [0, 0.1) is 0 Å². The van der Waals surface area contributed by atoms with Crippen LogP contribution in [-0.4, -0.2) is 37.2 Å². The third-order valence-corrected chi connectivity index (χ3v) is 13.8. The van der Waals surface area contributed by atoms with Crippen molar-refractivity contribution in [3.63, 3.8) is 0 Å². The monoisotopic (exact) mass is 1120 g/mol. The fourth-order valence-electron chi connectivity index (χ4n) is 8.95. The smallest absolute Gasteiger partial charge is 0.306 e. The van der Waals surface area contributed by atoms with Crippen LogP contribution < -0.4 is 0 Å². The molecule has 0 spiro atoms. The first kappa shape index (κ1) is 76.3. The van der Waals surface area contributed by atoms with E-state index in [4.69, 9.17) is 14.2 Å². The molecule has 0 aliphatic rings. The van der Waals surface area contributed by atoms with Crippen LogP contribution >= 0.6 is 0 Å². The van der Waals surface area contributed by atoms with E-state index in [9.17, 15) is 14.4 Å². The Balaban J connectivity index is 4.18. The lowest BCUT2D eigenvalue weighted by Crippen LogP contribution is -2.30. The maximum Gasteiger partial charge on any atom is 0.306 e. The van der Waals surface area contributed by atoms with Crippen molar-refractivity contribution in [3.8, 4) is 0 Å². The van der Waals surface area contributed by atoms with Crippen molar-refractivity contribution in [1.29, 1.82) is 0 Å². The van der Waals surface area contributed by atoms with E-state index in [0.717, 1.165) is 161 Å². The second-order valence-electron chi connectivity index (χ2n) is 21.6. The Kier molecular flexibility index (Phi) is 63.9. The summed E-state index contributed by atoms with van der Waals surface area (Å²) >= 11 is 0. The standard InChI is InChI=1S/C75H122O6/c1-4-7-10-13-16-19-22-25-27-28-29-30-31-32-33-34-35-36-37-38-39-40-41-42-43-44-45-46-48-50-53-56-59-62-65-68-74(77)80-71-72(70-79-73(76)67-64-61-58-55-52-49-24-21-18-15-12-9-6-3)81-75(78)69-66-63-60-57-54-51-47-26-23-20-17-14-11-8-5-2/h7-12,16-21,25-27,29-30,32-33,35-36,47,49,52,72H,4-6,13-15,22-24,28,31,34,37-46,48,50-51,53-71H2,1-3H3/b10-7-,11-8-,12-9-,19-16-,20-17-,21-18-,27-25-,30-29-,33-32-,36-35-,47-26-,52-49-. The topological polar surface area (TPSA) is 78.9 Å². The van der Waals surface area contributed by atoms with Crippen LogP contribution in [0.3, 0.4) is 0 Å². The Morgan fingerprint density at radius 3 is 0.704 bits per heavy atom. The Morgan fingerprint density at radius 1 is 0.247 bits per heavy atom. The van der Waals surface area contributed by atoms with Crippen molar-refractivity contribution in [3.05, 3.63) is 146 Å². The molecule has 0 aromatic heterocycles. The van der Waals surface area contributed by atoms with Crippen molar-refractivity contribution in [2.45, 2.75) is 297 Å². The molecule has 6 heteroatoms. The zero-order chi connectivity index (χ0) is 58.5. The highest BCUT2D eigenvalue weighted by molar-refractivity contribution is 5.71. The molecular weight excluding hydrogens is 997 g/mol. The van der Waals surface area contributed by atoms with E-state index >= 15 is 0 Å². The number of hydrogen-bond acceptors (Lipinski definition) is 6. The first-order valence-corrected chi connectivity index (χ1v) is 33.3. The molecule has 0 bridgehead atoms. The number of carbonyl (C=O) groups is 3. The minimum absolute atomic E-state index is 0.0969. The zero-order valence-corrected chi connectivity index (χ0v) is 52.5. The SMILES string of the molecule is CC/C=C\C/C=C\C/C=C\C/C=C\C/C=C\C/C=C\CCCCCCCCCCCCCCCCCCC(=O)OCC(COC(=O)CCCCC/C=C\C/C=C\C/C=C\CC)OC(=O)CCCCCCC/C=C\C/C=C\C/C=C\CC. The molecule has 0 heterocycles. The van der Waals surface area contributed by atoms with Crippen molar-refractivity contribution in [1.82, 2.24) is 0 Å². The number of carbonyl (C=O) groups excluding carboxylic acids is 3. The lowest BCUT2D eigenvalue weighted by Gasteiger charge is -2.18.